The minimum Gasteiger partial charge on any atom is -0.274 e. The molecule has 2 aromatic rings. The topological polar surface area (TPSA) is 67.9 Å². The van der Waals surface area contributed by atoms with Crippen molar-refractivity contribution in [3.05, 3.63) is 71.3 Å². The maximum atomic E-state index is 12.6. The van der Waals surface area contributed by atoms with E-state index in [1.807, 2.05) is 30.3 Å². The van der Waals surface area contributed by atoms with Crippen LogP contribution < -0.4 is 4.90 Å². The SMILES string of the molecule is N#CC(C#N)=C1c2ccccc2C(=O)N1c1ccccc1. The van der Waals surface area contributed by atoms with Crippen molar-refractivity contribution in [1.82, 2.24) is 0 Å². The maximum Gasteiger partial charge on any atom is 0.263 e. The Bertz CT molecular complexity index is 822. The number of fused-ring (bicyclic) bond motifs is 1. The van der Waals surface area contributed by atoms with Crippen molar-refractivity contribution in [2.24, 2.45) is 0 Å². The van der Waals surface area contributed by atoms with E-state index in [9.17, 15) is 15.3 Å². The molecule has 1 amide bonds. The molecule has 3 rings (SSSR count). The summed E-state index contributed by atoms with van der Waals surface area (Å²) in [5.74, 6) is -0.227. The molecule has 0 aliphatic carbocycles. The predicted octanol–water partition coefficient (Wildman–Crippen LogP) is 3.11. The Labute approximate surface area is 121 Å². The number of hydrogen-bond acceptors (Lipinski definition) is 3. The van der Waals surface area contributed by atoms with Gasteiger partial charge in [-0.05, 0) is 18.2 Å². The van der Waals surface area contributed by atoms with Crippen LogP contribution in [0.4, 0.5) is 5.69 Å². The van der Waals surface area contributed by atoms with Gasteiger partial charge in [0, 0.05) is 16.8 Å². The number of nitrogens with zero attached hydrogens (tertiary/aromatic N) is 3. The van der Waals surface area contributed by atoms with Gasteiger partial charge in [0.15, 0.2) is 5.57 Å². The highest BCUT2D eigenvalue weighted by molar-refractivity contribution is 6.23. The molecule has 0 N–H and O–H groups in total. The highest BCUT2D eigenvalue weighted by Crippen LogP contribution is 2.38. The quantitative estimate of drug-likeness (QED) is 0.748. The molecule has 1 heterocycles. The first-order valence-electron chi connectivity index (χ1n) is 6.31. The van der Waals surface area contributed by atoms with E-state index in [0.29, 0.717) is 22.5 Å². The van der Waals surface area contributed by atoms with E-state index < -0.39 is 0 Å². The first kappa shape index (κ1) is 12.7. The lowest BCUT2D eigenvalue weighted by Gasteiger charge is -2.18. The molecule has 0 radical (unpaired) electrons. The van der Waals surface area contributed by atoms with Crippen LogP contribution in [-0.2, 0) is 0 Å². The van der Waals surface area contributed by atoms with E-state index in [-0.39, 0.29) is 11.5 Å². The number of allylic oxidation sites excluding steroid dienone is 1. The van der Waals surface area contributed by atoms with Crippen molar-refractivity contribution >= 4 is 17.3 Å². The molecule has 0 aromatic heterocycles. The Morgan fingerprint density at radius 1 is 0.857 bits per heavy atom. The van der Waals surface area contributed by atoms with E-state index in [0.717, 1.165) is 0 Å². The summed E-state index contributed by atoms with van der Waals surface area (Å²) in [5.41, 5.74) is 2.03. The number of nitriles is 2. The van der Waals surface area contributed by atoms with E-state index >= 15 is 0 Å². The largest absolute Gasteiger partial charge is 0.274 e. The van der Waals surface area contributed by atoms with Crippen molar-refractivity contribution in [2.75, 3.05) is 4.90 Å². The predicted molar refractivity (Wildman–Crippen MR) is 77.8 cm³/mol. The van der Waals surface area contributed by atoms with Crippen LogP contribution in [0.15, 0.2) is 60.2 Å². The minimum absolute atomic E-state index is 0.0721. The number of rotatable bonds is 1. The van der Waals surface area contributed by atoms with E-state index in [1.54, 1.807) is 36.4 Å². The standard InChI is InChI=1S/C17H9N3O/c18-10-12(11-19)16-14-8-4-5-9-15(14)17(21)20(16)13-6-2-1-3-7-13/h1-9H. The molecule has 21 heavy (non-hydrogen) atoms. The van der Waals surface area contributed by atoms with Gasteiger partial charge in [0.05, 0.1) is 5.70 Å². The summed E-state index contributed by atoms with van der Waals surface area (Å²) >= 11 is 0. The monoisotopic (exact) mass is 271 g/mol. The van der Waals surface area contributed by atoms with Crippen LogP contribution in [0, 0.1) is 22.7 Å². The number of benzene rings is 2. The molecule has 1 aliphatic heterocycles. The normalized spacial score (nSPS) is 12.6. The van der Waals surface area contributed by atoms with Crippen LogP contribution in [-0.4, -0.2) is 5.91 Å². The Morgan fingerprint density at radius 3 is 2.05 bits per heavy atom. The van der Waals surface area contributed by atoms with Crippen LogP contribution in [0.3, 0.4) is 0 Å². The number of hydrogen-bond donors (Lipinski definition) is 0. The Hall–Kier alpha value is -3.37. The van der Waals surface area contributed by atoms with E-state index in [1.165, 1.54) is 4.90 Å². The summed E-state index contributed by atoms with van der Waals surface area (Å²) in [5, 5.41) is 18.4. The molecule has 4 nitrogen and oxygen atoms in total. The van der Waals surface area contributed by atoms with Crippen molar-refractivity contribution in [3.63, 3.8) is 0 Å². The van der Waals surface area contributed by atoms with Crippen LogP contribution in [0.1, 0.15) is 15.9 Å². The third kappa shape index (κ3) is 1.87. The Balaban J connectivity index is 2.32. The van der Waals surface area contributed by atoms with Crippen LogP contribution in [0.2, 0.25) is 0 Å². The van der Waals surface area contributed by atoms with Crippen LogP contribution in [0.25, 0.3) is 5.70 Å². The number of carbonyl (C=O) groups is 1. The first-order chi connectivity index (χ1) is 10.3. The van der Waals surface area contributed by atoms with Gasteiger partial charge < -0.3 is 0 Å². The van der Waals surface area contributed by atoms with Gasteiger partial charge in [-0.1, -0.05) is 36.4 Å². The summed E-state index contributed by atoms with van der Waals surface area (Å²) in [6, 6.07) is 19.8. The number of carbonyl (C=O) groups excluding carboxylic acids is 1. The lowest BCUT2D eigenvalue weighted by atomic mass is 10.1. The van der Waals surface area contributed by atoms with Crippen molar-refractivity contribution < 1.29 is 4.79 Å². The molecule has 0 bridgehead atoms. The fourth-order valence-electron chi connectivity index (χ4n) is 2.42. The fraction of sp³-hybridized carbons (Fsp3) is 0. The highest BCUT2D eigenvalue weighted by Gasteiger charge is 2.35. The third-order valence-corrected chi connectivity index (χ3v) is 3.31. The zero-order valence-electron chi connectivity index (χ0n) is 10.9. The number of amides is 1. The van der Waals surface area contributed by atoms with Gasteiger partial charge >= 0.3 is 0 Å². The molecule has 98 valence electrons. The molecular formula is C17H9N3O. The summed E-state index contributed by atoms with van der Waals surface area (Å²) < 4.78 is 0. The van der Waals surface area contributed by atoms with Crippen LogP contribution in [0.5, 0.6) is 0 Å². The van der Waals surface area contributed by atoms with E-state index in [2.05, 4.69) is 0 Å². The summed E-state index contributed by atoms with van der Waals surface area (Å²) in [6.45, 7) is 0. The molecule has 4 heteroatoms. The average Bonchev–Trinajstić information content (AvgIpc) is 2.83. The molecule has 0 saturated heterocycles. The zero-order chi connectivity index (χ0) is 14.8. The molecular weight excluding hydrogens is 262 g/mol. The van der Waals surface area contributed by atoms with Gasteiger partial charge in [-0.25, -0.2) is 0 Å². The second kappa shape index (κ2) is 4.96. The summed E-state index contributed by atoms with van der Waals surface area (Å²) in [6.07, 6.45) is 0. The summed E-state index contributed by atoms with van der Waals surface area (Å²) in [4.78, 5) is 14.0. The maximum absolute atomic E-state index is 12.6. The van der Waals surface area contributed by atoms with Crippen molar-refractivity contribution in [2.45, 2.75) is 0 Å². The molecule has 2 aromatic carbocycles. The van der Waals surface area contributed by atoms with Gasteiger partial charge in [-0.3, -0.25) is 9.69 Å². The summed E-state index contributed by atoms with van der Waals surface area (Å²) in [7, 11) is 0. The van der Waals surface area contributed by atoms with Gasteiger partial charge in [0.2, 0.25) is 0 Å². The molecule has 1 aliphatic rings. The van der Waals surface area contributed by atoms with Crippen molar-refractivity contribution in [3.8, 4) is 12.1 Å². The second-order valence-corrected chi connectivity index (χ2v) is 4.47. The lowest BCUT2D eigenvalue weighted by molar-refractivity contribution is 0.101. The number of para-hydroxylation sites is 1. The zero-order valence-corrected chi connectivity index (χ0v) is 10.9. The third-order valence-electron chi connectivity index (χ3n) is 3.31. The first-order valence-corrected chi connectivity index (χ1v) is 6.31. The van der Waals surface area contributed by atoms with E-state index in [4.69, 9.17) is 0 Å². The van der Waals surface area contributed by atoms with Gasteiger partial charge in [-0.15, -0.1) is 0 Å². The lowest BCUT2D eigenvalue weighted by Crippen LogP contribution is -2.23. The highest BCUT2D eigenvalue weighted by atomic mass is 16.2. The van der Waals surface area contributed by atoms with Crippen molar-refractivity contribution in [1.29, 1.82) is 10.5 Å². The smallest absolute Gasteiger partial charge is 0.263 e. The fourth-order valence-corrected chi connectivity index (χ4v) is 2.42. The van der Waals surface area contributed by atoms with Crippen LogP contribution >= 0.6 is 0 Å². The molecule has 0 spiro atoms. The Morgan fingerprint density at radius 2 is 1.43 bits per heavy atom. The molecule has 0 fully saturated rings. The average molecular weight is 271 g/mol. The second-order valence-electron chi connectivity index (χ2n) is 4.47. The van der Waals surface area contributed by atoms with Gasteiger partial charge in [-0.2, -0.15) is 10.5 Å². The molecule has 0 saturated carbocycles. The van der Waals surface area contributed by atoms with Gasteiger partial charge in [0.1, 0.15) is 12.1 Å². The molecule has 0 unspecified atom stereocenters. The Kier molecular flexibility index (Phi) is 2.99. The molecule has 0 atom stereocenters. The number of anilines is 1. The van der Waals surface area contributed by atoms with Gasteiger partial charge in [0.25, 0.3) is 5.91 Å². The minimum atomic E-state index is -0.227.